The van der Waals surface area contributed by atoms with Crippen molar-refractivity contribution in [3.05, 3.63) is 103 Å². The van der Waals surface area contributed by atoms with Gasteiger partial charge in [0.05, 0.1) is 30.1 Å². The number of carbonyl (C=O) groups is 3. The second-order valence-electron chi connectivity index (χ2n) is 13.4. The van der Waals surface area contributed by atoms with Crippen molar-refractivity contribution in [1.29, 1.82) is 0 Å². The molecule has 8 nitrogen and oxygen atoms in total. The molecule has 0 aromatic heterocycles. The number of anilines is 1. The molecular weight excluding hydrogens is 578 g/mol. The highest BCUT2D eigenvalue weighted by Crippen LogP contribution is 2.59. The predicted octanol–water partition coefficient (Wildman–Crippen LogP) is 4.72. The van der Waals surface area contributed by atoms with Gasteiger partial charge in [0, 0.05) is 25.3 Å². The van der Waals surface area contributed by atoms with Crippen LogP contribution >= 0.6 is 0 Å². The molecule has 3 aromatic rings. The van der Waals surface area contributed by atoms with E-state index in [-0.39, 0.29) is 36.8 Å². The zero-order valence-corrected chi connectivity index (χ0v) is 26.6. The van der Waals surface area contributed by atoms with Gasteiger partial charge < -0.3 is 24.5 Å². The van der Waals surface area contributed by atoms with Gasteiger partial charge in [-0.25, -0.2) is 0 Å². The molecule has 0 aliphatic carbocycles. The average molecular weight is 620 g/mol. The van der Waals surface area contributed by atoms with E-state index >= 15 is 0 Å². The molecule has 1 unspecified atom stereocenters. The minimum atomic E-state index is -1.39. The lowest BCUT2D eigenvalue weighted by molar-refractivity contribution is -0.153. The van der Waals surface area contributed by atoms with E-state index in [4.69, 9.17) is 4.74 Å². The third-order valence-electron chi connectivity index (χ3n) is 10.5. The molecule has 1 spiro atoms. The molecule has 0 bridgehead atoms. The lowest BCUT2D eigenvalue weighted by atomic mass is 9.73. The summed E-state index contributed by atoms with van der Waals surface area (Å²) in [4.78, 5) is 49.6. The zero-order valence-electron chi connectivity index (χ0n) is 26.6. The van der Waals surface area contributed by atoms with Crippen molar-refractivity contribution in [2.45, 2.75) is 57.0 Å². The number of hydrogen-bond donors (Lipinski definition) is 1. The number of carbonyl (C=O) groups excluding carboxylic acids is 3. The number of rotatable bonds is 7. The van der Waals surface area contributed by atoms with Crippen LogP contribution in [-0.2, 0) is 25.7 Å². The Morgan fingerprint density at radius 2 is 1.57 bits per heavy atom. The number of fused-ring (bicyclic) bond motifs is 3. The first kappa shape index (κ1) is 30.4. The van der Waals surface area contributed by atoms with Crippen LogP contribution in [0, 0.1) is 17.8 Å². The van der Waals surface area contributed by atoms with Gasteiger partial charge in [0.2, 0.25) is 11.8 Å². The van der Waals surface area contributed by atoms with Gasteiger partial charge in [0.1, 0.15) is 11.6 Å². The van der Waals surface area contributed by atoms with E-state index in [0.29, 0.717) is 25.2 Å². The first-order valence-electron chi connectivity index (χ1n) is 16.4. The number of likely N-dealkylation sites (tertiary alicyclic amines) is 1. The number of aliphatic hydroxyl groups is 1. The summed E-state index contributed by atoms with van der Waals surface area (Å²) in [6.45, 7) is 6.61. The maximum Gasteiger partial charge on any atom is 0.253 e. The first-order chi connectivity index (χ1) is 22.2. The summed E-state index contributed by atoms with van der Waals surface area (Å²) < 4.78 is 7.13. The van der Waals surface area contributed by atoms with Crippen molar-refractivity contribution in [3.63, 3.8) is 0 Å². The van der Waals surface area contributed by atoms with Gasteiger partial charge in [-0.05, 0) is 40.8 Å². The fraction of sp³-hybridized carbons (Fsp3) is 0.395. The molecule has 4 aliphatic rings. The molecule has 0 saturated carbocycles. The Morgan fingerprint density at radius 3 is 2.28 bits per heavy atom. The summed E-state index contributed by atoms with van der Waals surface area (Å²) in [5.74, 6) is -2.68. The Balaban J connectivity index is 1.36. The van der Waals surface area contributed by atoms with E-state index in [1.165, 1.54) is 0 Å². The second kappa shape index (κ2) is 11.5. The summed E-state index contributed by atoms with van der Waals surface area (Å²) in [5, 5.41) is 12.7. The average Bonchev–Trinajstić information content (AvgIpc) is 3.36. The summed E-state index contributed by atoms with van der Waals surface area (Å²) in [6, 6.07) is 22.0. The number of nitrogens with zero attached hydrogens (tertiary/aromatic N) is 3. The van der Waals surface area contributed by atoms with Crippen molar-refractivity contribution in [2.75, 3.05) is 24.6 Å². The SMILES string of the molecule is CC[C@]12C=CCN(Cc3ccccc3)C(=O)[C@H]1[C@H]1C(=O)N([C@@H](CO)C(C)C)C3C(=O)N(c4ccc5ccccc5c4)CC=C[C@@]31O2. The highest BCUT2D eigenvalue weighted by molar-refractivity contribution is 6.07. The standard InChI is InChI=1S/C38H41N3O5/c1-4-37-18-10-20-39(23-26-12-6-5-7-13-26)34(43)31(37)32-35(44)41(30(24-42)25(2)3)33-36(45)40(21-11-19-38(32,33)46-37)29-17-16-27-14-8-9-15-28(27)22-29/h5-19,22,25,30-33,42H,4,20-21,23-24H2,1-3H3/t30-,31+,32-,33?,37-,38-/m0/s1. The molecule has 4 heterocycles. The first-order valence-corrected chi connectivity index (χ1v) is 16.4. The summed E-state index contributed by atoms with van der Waals surface area (Å²) in [5.41, 5.74) is -0.746. The molecule has 2 fully saturated rings. The number of ether oxygens (including phenoxy) is 1. The van der Waals surface area contributed by atoms with E-state index in [0.717, 1.165) is 16.3 Å². The topological polar surface area (TPSA) is 90.4 Å². The van der Waals surface area contributed by atoms with Crippen molar-refractivity contribution >= 4 is 34.2 Å². The van der Waals surface area contributed by atoms with Crippen LogP contribution in [0.15, 0.2) is 97.1 Å². The Kier molecular flexibility index (Phi) is 7.60. The normalized spacial score (nSPS) is 29.6. The van der Waals surface area contributed by atoms with Gasteiger partial charge in [0.25, 0.3) is 5.91 Å². The van der Waals surface area contributed by atoms with E-state index in [2.05, 4.69) is 0 Å². The summed E-state index contributed by atoms with van der Waals surface area (Å²) >= 11 is 0. The van der Waals surface area contributed by atoms with Gasteiger partial charge in [-0.15, -0.1) is 0 Å². The molecule has 0 radical (unpaired) electrons. The quantitative estimate of drug-likeness (QED) is 0.387. The largest absolute Gasteiger partial charge is 0.394 e. The molecule has 3 aromatic carbocycles. The van der Waals surface area contributed by atoms with Crippen molar-refractivity contribution in [3.8, 4) is 0 Å². The van der Waals surface area contributed by atoms with Gasteiger partial charge in [-0.1, -0.05) is 106 Å². The van der Waals surface area contributed by atoms with Crippen LogP contribution in [0.4, 0.5) is 5.69 Å². The zero-order chi connectivity index (χ0) is 32.2. The smallest absolute Gasteiger partial charge is 0.253 e. The van der Waals surface area contributed by atoms with Gasteiger partial charge >= 0.3 is 0 Å². The fourth-order valence-electron chi connectivity index (χ4n) is 8.25. The van der Waals surface area contributed by atoms with Crippen LogP contribution in [0.1, 0.15) is 32.8 Å². The van der Waals surface area contributed by atoms with Gasteiger partial charge in [-0.2, -0.15) is 0 Å². The number of benzene rings is 3. The summed E-state index contributed by atoms with van der Waals surface area (Å²) in [6.07, 6.45) is 8.17. The molecule has 4 aliphatic heterocycles. The summed E-state index contributed by atoms with van der Waals surface area (Å²) in [7, 11) is 0. The highest BCUT2D eigenvalue weighted by atomic mass is 16.5. The molecule has 3 amide bonds. The van der Waals surface area contributed by atoms with Crippen LogP contribution in [0.3, 0.4) is 0 Å². The number of hydrogen-bond acceptors (Lipinski definition) is 5. The second-order valence-corrected chi connectivity index (χ2v) is 13.4. The molecule has 6 atom stereocenters. The van der Waals surface area contributed by atoms with Crippen LogP contribution < -0.4 is 4.90 Å². The van der Waals surface area contributed by atoms with E-state index in [1.807, 2.05) is 118 Å². The maximum absolute atomic E-state index is 15.0. The van der Waals surface area contributed by atoms with Gasteiger partial charge in [0.15, 0.2) is 0 Å². The van der Waals surface area contributed by atoms with Gasteiger partial charge in [-0.3, -0.25) is 14.4 Å². The Morgan fingerprint density at radius 1 is 0.848 bits per heavy atom. The van der Waals surface area contributed by atoms with Crippen molar-refractivity contribution < 1.29 is 24.2 Å². The van der Waals surface area contributed by atoms with E-state index in [1.54, 1.807) is 14.7 Å². The van der Waals surface area contributed by atoms with Crippen LogP contribution in [0.2, 0.25) is 0 Å². The lowest BCUT2D eigenvalue weighted by Gasteiger charge is -2.41. The van der Waals surface area contributed by atoms with Crippen molar-refractivity contribution in [2.24, 2.45) is 17.8 Å². The monoisotopic (exact) mass is 619 g/mol. The molecule has 7 rings (SSSR count). The number of aliphatic hydroxyl groups excluding tert-OH is 1. The maximum atomic E-state index is 15.0. The van der Waals surface area contributed by atoms with E-state index in [9.17, 15) is 19.5 Å². The van der Waals surface area contributed by atoms with E-state index < -0.39 is 35.1 Å². The minimum Gasteiger partial charge on any atom is -0.394 e. The third-order valence-corrected chi connectivity index (χ3v) is 10.5. The molecular formula is C38H41N3O5. The Labute approximate surface area is 269 Å². The predicted molar refractivity (Wildman–Crippen MR) is 177 cm³/mol. The van der Waals surface area contributed by atoms with Crippen LogP contribution in [0.5, 0.6) is 0 Å². The molecule has 1 N–H and O–H groups in total. The fourth-order valence-corrected chi connectivity index (χ4v) is 8.25. The Hall–Kier alpha value is -4.27. The Bertz CT molecular complexity index is 1740. The number of amides is 3. The third kappa shape index (κ3) is 4.53. The van der Waals surface area contributed by atoms with Crippen molar-refractivity contribution in [1.82, 2.24) is 9.80 Å². The minimum absolute atomic E-state index is 0.144. The molecule has 238 valence electrons. The van der Waals surface area contributed by atoms with Crippen LogP contribution in [0.25, 0.3) is 10.8 Å². The lowest BCUT2D eigenvalue weighted by Crippen LogP contribution is -2.60. The van der Waals surface area contributed by atoms with Crippen LogP contribution in [-0.4, -0.2) is 75.6 Å². The highest BCUT2D eigenvalue weighted by Gasteiger charge is 2.76. The molecule has 46 heavy (non-hydrogen) atoms. The molecule has 2 saturated heterocycles. The molecule has 8 heteroatoms.